The van der Waals surface area contributed by atoms with Crippen LogP contribution < -0.4 is 0 Å². The van der Waals surface area contributed by atoms with Gasteiger partial charge in [0.1, 0.15) is 17.3 Å². The number of halogens is 2. The first-order valence-electron chi connectivity index (χ1n) is 5.43. The van der Waals surface area contributed by atoms with Crippen LogP contribution in [-0.4, -0.2) is 24.9 Å². The van der Waals surface area contributed by atoms with Crippen LogP contribution >= 0.6 is 43.2 Å². The zero-order valence-corrected chi connectivity index (χ0v) is 15.1. The molecule has 0 aliphatic rings. The molecule has 0 aliphatic heterocycles. The standard InChI is InChI=1S/C11H11Br2NO4S2/c1-14(4-9-2-7(12)6-19-9)20(16,17)10-3-8(5-15)18-11(10)13/h2-3,6,15H,4-5H2,1H3. The lowest BCUT2D eigenvalue weighted by molar-refractivity contribution is 0.245. The summed E-state index contributed by atoms with van der Waals surface area (Å²) in [6, 6.07) is 3.19. The van der Waals surface area contributed by atoms with Crippen LogP contribution in [0.4, 0.5) is 0 Å². The summed E-state index contributed by atoms with van der Waals surface area (Å²) in [5, 5.41) is 10.9. The summed E-state index contributed by atoms with van der Waals surface area (Å²) < 4.78 is 32.3. The molecule has 2 rings (SSSR count). The van der Waals surface area contributed by atoms with Crippen molar-refractivity contribution >= 4 is 53.2 Å². The zero-order valence-electron chi connectivity index (χ0n) is 10.3. The lowest BCUT2D eigenvalue weighted by atomic mass is 10.5. The van der Waals surface area contributed by atoms with E-state index < -0.39 is 10.0 Å². The minimum atomic E-state index is -3.67. The van der Waals surface area contributed by atoms with E-state index in [9.17, 15) is 8.42 Å². The number of aliphatic hydroxyl groups is 1. The Morgan fingerprint density at radius 3 is 2.60 bits per heavy atom. The van der Waals surface area contributed by atoms with Crippen molar-refractivity contribution in [2.45, 2.75) is 18.0 Å². The van der Waals surface area contributed by atoms with Gasteiger partial charge in [-0.05, 0) is 37.9 Å². The molecule has 20 heavy (non-hydrogen) atoms. The van der Waals surface area contributed by atoms with Gasteiger partial charge in [0, 0.05) is 34.4 Å². The van der Waals surface area contributed by atoms with Gasteiger partial charge in [-0.2, -0.15) is 4.31 Å². The maximum atomic E-state index is 12.4. The minimum Gasteiger partial charge on any atom is -0.450 e. The lowest BCUT2D eigenvalue weighted by Crippen LogP contribution is -2.26. The first-order valence-corrected chi connectivity index (χ1v) is 9.33. The summed E-state index contributed by atoms with van der Waals surface area (Å²) in [7, 11) is -2.17. The first kappa shape index (κ1) is 16.2. The molecule has 0 unspecified atom stereocenters. The number of thiophene rings is 1. The molecule has 0 aliphatic carbocycles. The maximum Gasteiger partial charge on any atom is 0.247 e. The molecule has 110 valence electrons. The Bertz CT molecular complexity index is 708. The Hall–Kier alpha value is -0.190. The van der Waals surface area contributed by atoms with E-state index in [0.29, 0.717) is 0 Å². The van der Waals surface area contributed by atoms with Crippen molar-refractivity contribution in [1.82, 2.24) is 4.31 Å². The van der Waals surface area contributed by atoms with Gasteiger partial charge in [-0.15, -0.1) is 11.3 Å². The first-order chi connectivity index (χ1) is 9.34. The predicted octanol–water partition coefficient (Wildman–Crippen LogP) is 3.18. The number of aliphatic hydroxyl groups excluding tert-OH is 1. The van der Waals surface area contributed by atoms with E-state index in [1.165, 1.54) is 28.8 Å². The van der Waals surface area contributed by atoms with Gasteiger partial charge in [0.2, 0.25) is 10.0 Å². The van der Waals surface area contributed by atoms with Crippen LogP contribution in [0.25, 0.3) is 0 Å². The van der Waals surface area contributed by atoms with Gasteiger partial charge in [0.15, 0.2) is 4.67 Å². The van der Waals surface area contributed by atoms with Gasteiger partial charge >= 0.3 is 0 Å². The molecule has 0 saturated heterocycles. The summed E-state index contributed by atoms with van der Waals surface area (Å²) in [6.45, 7) is -0.0830. The molecule has 0 radical (unpaired) electrons. The zero-order chi connectivity index (χ0) is 14.9. The molecule has 9 heteroatoms. The third kappa shape index (κ3) is 3.34. The molecule has 2 heterocycles. The molecule has 1 N–H and O–H groups in total. The van der Waals surface area contributed by atoms with Crippen molar-refractivity contribution in [1.29, 1.82) is 0 Å². The SMILES string of the molecule is CN(Cc1cc(Br)cs1)S(=O)(=O)c1cc(CO)oc1Br. The second-order valence-electron chi connectivity index (χ2n) is 4.00. The van der Waals surface area contributed by atoms with Crippen LogP contribution in [0.2, 0.25) is 0 Å². The summed E-state index contributed by atoms with van der Waals surface area (Å²) in [6.07, 6.45) is 0. The van der Waals surface area contributed by atoms with Gasteiger partial charge in [0.25, 0.3) is 0 Å². The van der Waals surface area contributed by atoms with E-state index in [2.05, 4.69) is 31.9 Å². The molecule has 0 atom stereocenters. The van der Waals surface area contributed by atoms with Crippen LogP contribution in [-0.2, 0) is 23.2 Å². The predicted molar refractivity (Wildman–Crippen MR) is 83.0 cm³/mol. The fourth-order valence-electron chi connectivity index (χ4n) is 1.56. The van der Waals surface area contributed by atoms with Crippen molar-refractivity contribution in [2.75, 3.05) is 7.05 Å². The molecule has 0 aromatic carbocycles. The monoisotopic (exact) mass is 443 g/mol. The minimum absolute atomic E-state index is 0.0136. The fraction of sp³-hybridized carbons (Fsp3) is 0.273. The van der Waals surface area contributed by atoms with E-state index in [1.54, 1.807) is 0 Å². The highest BCUT2D eigenvalue weighted by Gasteiger charge is 2.27. The van der Waals surface area contributed by atoms with Gasteiger partial charge in [0.05, 0.1) is 0 Å². The summed E-state index contributed by atoms with van der Waals surface area (Å²) >= 11 is 7.87. The average Bonchev–Trinajstić information content (AvgIpc) is 2.95. The molecule has 2 aromatic rings. The summed E-state index contributed by atoms with van der Waals surface area (Å²) in [5.74, 6) is 0.197. The number of sulfonamides is 1. The van der Waals surface area contributed by atoms with E-state index in [4.69, 9.17) is 9.52 Å². The van der Waals surface area contributed by atoms with E-state index in [0.717, 1.165) is 9.35 Å². The Morgan fingerprint density at radius 1 is 1.40 bits per heavy atom. The van der Waals surface area contributed by atoms with Gasteiger partial charge in [-0.3, -0.25) is 0 Å². The smallest absolute Gasteiger partial charge is 0.247 e. The highest BCUT2D eigenvalue weighted by molar-refractivity contribution is 9.10. The van der Waals surface area contributed by atoms with Crippen LogP contribution in [0, 0.1) is 0 Å². The Morgan fingerprint density at radius 2 is 2.10 bits per heavy atom. The average molecular weight is 445 g/mol. The lowest BCUT2D eigenvalue weighted by Gasteiger charge is -2.15. The van der Waals surface area contributed by atoms with E-state index >= 15 is 0 Å². The van der Waals surface area contributed by atoms with E-state index in [-0.39, 0.29) is 28.5 Å². The fourth-order valence-corrected chi connectivity index (χ4v) is 5.25. The highest BCUT2D eigenvalue weighted by Crippen LogP contribution is 2.30. The topological polar surface area (TPSA) is 70.8 Å². The molecule has 0 saturated carbocycles. The number of rotatable bonds is 5. The van der Waals surface area contributed by atoms with Crippen molar-refractivity contribution in [3.8, 4) is 0 Å². The van der Waals surface area contributed by atoms with Gasteiger partial charge in [-0.25, -0.2) is 8.42 Å². The van der Waals surface area contributed by atoms with E-state index in [1.807, 2.05) is 11.4 Å². The molecule has 0 amide bonds. The molecular formula is C11H11Br2NO4S2. The second-order valence-corrected chi connectivity index (χ2v) is 8.65. The van der Waals surface area contributed by atoms with Crippen molar-refractivity contribution in [3.05, 3.63) is 37.3 Å². The van der Waals surface area contributed by atoms with Crippen molar-refractivity contribution < 1.29 is 17.9 Å². The second kappa shape index (κ2) is 6.29. The highest BCUT2D eigenvalue weighted by atomic mass is 79.9. The molecule has 2 aromatic heterocycles. The molecular weight excluding hydrogens is 434 g/mol. The Kier molecular flexibility index (Phi) is 5.09. The Labute approximate surface area is 137 Å². The van der Waals surface area contributed by atoms with Crippen molar-refractivity contribution in [2.24, 2.45) is 0 Å². The number of hydrogen-bond donors (Lipinski definition) is 1. The third-order valence-corrected chi connectivity index (χ3v) is 6.89. The van der Waals surface area contributed by atoms with Crippen molar-refractivity contribution in [3.63, 3.8) is 0 Å². The molecule has 5 nitrogen and oxygen atoms in total. The number of hydrogen-bond acceptors (Lipinski definition) is 5. The molecule has 0 bridgehead atoms. The quantitative estimate of drug-likeness (QED) is 0.768. The van der Waals surface area contributed by atoms with Gasteiger partial charge in [-0.1, -0.05) is 0 Å². The Balaban J connectivity index is 2.26. The molecule has 0 spiro atoms. The largest absolute Gasteiger partial charge is 0.450 e. The summed E-state index contributed by atoms with van der Waals surface area (Å²) in [4.78, 5) is 0.935. The van der Waals surface area contributed by atoms with Crippen LogP contribution in [0.15, 0.2) is 36.0 Å². The van der Waals surface area contributed by atoms with Crippen LogP contribution in [0.5, 0.6) is 0 Å². The maximum absolute atomic E-state index is 12.4. The number of nitrogens with zero attached hydrogens (tertiary/aromatic N) is 1. The molecule has 0 fully saturated rings. The van der Waals surface area contributed by atoms with Crippen LogP contribution in [0.1, 0.15) is 10.6 Å². The normalized spacial score (nSPS) is 12.2. The summed E-state index contributed by atoms with van der Waals surface area (Å²) in [5.41, 5.74) is 0. The van der Waals surface area contributed by atoms with Gasteiger partial charge < -0.3 is 9.52 Å². The number of furan rings is 1. The third-order valence-electron chi connectivity index (χ3n) is 2.55. The van der Waals surface area contributed by atoms with Crippen LogP contribution in [0.3, 0.4) is 0 Å².